The number of ether oxygens (including phenoxy) is 1. The van der Waals surface area contributed by atoms with Crippen molar-refractivity contribution in [2.24, 2.45) is 0 Å². The predicted molar refractivity (Wildman–Crippen MR) is 61.1 cm³/mol. The van der Waals surface area contributed by atoms with Crippen LogP contribution >= 0.6 is 27.5 Å². The molecule has 4 heteroatoms. The molecule has 78 valence electrons. The van der Waals surface area contributed by atoms with E-state index in [4.69, 9.17) is 16.3 Å². The van der Waals surface area contributed by atoms with Gasteiger partial charge in [0.25, 0.3) is 0 Å². The van der Waals surface area contributed by atoms with Crippen molar-refractivity contribution in [3.8, 4) is 5.75 Å². The summed E-state index contributed by atoms with van der Waals surface area (Å²) in [7, 11) is 1.59. The minimum absolute atomic E-state index is 0.396. The molecule has 0 aromatic heterocycles. The molecule has 14 heavy (non-hydrogen) atoms. The summed E-state index contributed by atoms with van der Waals surface area (Å²) in [4.78, 5) is 0. The van der Waals surface area contributed by atoms with E-state index in [9.17, 15) is 5.11 Å². The van der Waals surface area contributed by atoms with E-state index in [-0.39, 0.29) is 0 Å². The molecule has 0 fully saturated rings. The Bertz CT molecular complexity index is 326. The molecule has 0 aliphatic rings. The summed E-state index contributed by atoms with van der Waals surface area (Å²) in [5.41, 5.74) is 0.911. The van der Waals surface area contributed by atoms with Crippen LogP contribution < -0.4 is 4.74 Å². The summed E-state index contributed by atoms with van der Waals surface area (Å²) >= 11 is 9.38. The molecule has 1 rings (SSSR count). The van der Waals surface area contributed by atoms with Crippen molar-refractivity contribution in [3.05, 3.63) is 27.2 Å². The number of aliphatic hydroxyl groups is 1. The Morgan fingerprint density at radius 1 is 1.57 bits per heavy atom. The van der Waals surface area contributed by atoms with E-state index < -0.39 is 6.10 Å². The second-order valence-corrected chi connectivity index (χ2v) is 4.39. The predicted octanol–water partition coefficient (Wildman–Crippen LogP) is 3.03. The average molecular weight is 280 g/mol. The van der Waals surface area contributed by atoms with Crippen molar-refractivity contribution < 1.29 is 9.84 Å². The molecule has 1 N–H and O–H groups in total. The molecule has 1 atom stereocenters. The van der Waals surface area contributed by atoms with Gasteiger partial charge >= 0.3 is 0 Å². The van der Waals surface area contributed by atoms with Crippen molar-refractivity contribution in [3.63, 3.8) is 0 Å². The van der Waals surface area contributed by atoms with Gasteiger partial charge in [-0.2, -0.15) is 0 Å². The third-order valence-corrected chi connectivity index (χ3v) is 2.81. The van der Waals surface area contributed by atoms with Crippen molar-refractivity contribution in [2.45, 2.75) is 19.4 Å². The maximum Gasteiger partial charge on any atom is 0.134 e. The van der Waals surface area contributed by atoms with E-state index in [2.05, 4.69) is 15.9 Å². The smallest absolute Gasteiger partial charge is 0.134 e. The van der Waals surface area contributed by atoms with Crippen molar-refractivity contribution >= 4 is 27.5 Å². The third kappa shape index (κ3) is 2.87. The van der Waals surface area contributed by atoms with Crippen molar-refractivity contribution in [2.75, 3.05) is 7.11 Å². The van der Waals surface area contributed by atoms with Crippen LogP contribution in [0.5, 0.6) is 5.75 Å². The zero-order valence-corrected chi connectivity index (χ0v) is 10.4. The Balaban J connectivity index is 3.02. The molecule has 1 unspecified atom stereocenters. The van der Waals surface area contributed by atoms with Gasteiger partial charge in [0.2, 0.25) is 0 Å². The Labute approximate surface area is 97.0 Å². The molecule has 0 aliphatic carbocycles. The minimum Gasteiger partial charge on any atom is -0.496 e. The van der Waals surface area contributed by atoms with Crippen LogP contribution in [0.3, 0.4) is 0 Å². The first-order chi connectivity index (χ1) is 6.54. The minimum atomic E-state index is -0.396. The van der Waals surface area contributed by atoms with Gasteiger partial charge in [-0.1, -0.05) is 11.6 Å². The summed E-state index contributed by atoms with van der Waals surface area (Å²) in [5.74, 6) is 0.698. The Kier molecular flexibility index (Phi) is 4.23. The molecule has 0 spiro atoms. The van der Waals surface area contributed by atoms with Crippen LogP contribution in [0.25, 0.3) is 0 Å². The molecule has 0 amide bonds. The van der Waals surface area contributed by atoms with Gasteiger partial charge in [0.15, 0.2) is 0 Å². The first-order valence-electron chi connectivity index (χ1n) is 4.24. The number of benzene rings is 1. The molecule has 0 radical (unpaired) electrons. The summed E-state index contributed by atoms with van der Waals surface area (Å²) < 4.78 is 5.94. The molecule has 0 bridgehead atoms. The van der Waals surface area contributed by atoms with Gasteiger partial charge in [-0.25, -0.2) is 0 Å². The van der Waals surface area contributed by atoms with Gasteiger partial charge in [-0.3, -0.25) is 0 Å². The van der Waals surface area contributed by atoms with Crippen LogP contribution in [0, 0.1) is 0 Å². The molecule has 1 aromatic rings. The standard InChI is InChI=1S/C10H12BrClO2/c1-6(13)3-7-4-8(11)10(14-2)5-9(7)12/h4-6,13H,3H2,1-2H3. The van der Waals surface area contributed by atoms with Gasteiger partial charge in [0.05, 0.1) is 17.7 Å². The second kappa shape index (κ2) is 5.01. The lowest BCUT2D eigenvalue weighted by atomic mass is 10.1. The highest BCUT2D eigenvalue weighted by molar-refractivity contribution is 9.10. The molecule has 0 aliphatic heterocycles. The number of hydrogen-bond donors (Lipinski definition) is 1. The lowest BCUT2D eigenvalue weighted by Gasteiger charge is -2.10. The maximum atomic E-state index is 9.24. The Morgan fingerprint density at radius 3 is 2.71 bits per heavy atom. The van der Waals surface area contributed by atoms with E-state index in [1.54, 1.807) is 20.1 Å². The number of hydrogen-bond acceptors (Lipinski definition) is 2. The van der Waals surface area contributed by atoms with Crippen LogP contribution in [0.15, 0.2) is 16.6 Å². The van der Waals surface area contributed by atoms with E-state index in [0.717, 1.165) is 10.0 Å². The van der Waals surface area contributed by atoms with Crippen LogP contribution in [0.2, 0.25) is 5.02 Å². The summed E-state index contributed by atoms with van der Waals surface area (Å²) in [6.07, 6.45) is 0.148. The first kappa shape index (κ1) is 11.8. The molecule has 0 saturated carbocycles. The third-order valence-electron chi connectivity index (χ3n) is 1.84. The molecular weight excluding hydrogens is 267 g/mol. The number of methoxy groups -OCH3 is 1. The molecule has 0 saturated heterocycles. The van der Waals surface area contributed by atoms with Gasteiger partial charge in [0.1, 0.15) is 5.75 Å². The average Bonchev–Trinajstić information content (AvgIpc) is 2.10. The Morgan fingerprint density at radius 2 is 2.21 bits per heavy atom. The van der Waals surface area contributed by atoms with Crippen LogP contribution in [0.4, 0.5) is 0 Å². The number of aliphatic hydroxyl groups excluding tert-OH is 1. The lowest BCUT2D eigenvalue weighted by molar-refractivity contribution is 0.195. The van der Waals surface area contributed by atoms with E-state index in [1.807, 2.05) is 6.07 Å². The van der Waals surface area contributed by atoms with Crippen LogP contribution in [-0.2, 0) is 6.42 Å². The second-order valence-electron chi connectivity index (χ2n) is 3.13. The first-order valence-corrected chi connectivity index (χ1v) is 5.41. The zero-order chi connectivity index (χ0) is 10.7. The van der Waals surface area contributed by atoms with Crippen molar-refractivity contribution in [1.29, 1.82) is 0 Å². The highest BCUT2D eigenvalue weighted by atomic mass is 79.9. The normalized spacial score (nSPS) is 12.6. The van der Waals surface area contributed by atoms with Gasteiger partial charge < -0.3 is 9.84 Å². The summed E-state index contributed by atoms with van der Waals surface area (Å²) in [6, 6.07) is 3.61. The molecular formula is C10H12BrClO2. The van der Waals surface area contributed by atoms with Gasteiger partial charge in [-0.15, -0.1) is 0 Å². The maximum absolute atomic E-state index is 9.24. The summed E-state index contributed by atoms with van der Waals surface area (Å²) in [5, 5.41) is 9.86. The molecule has 1 aromatic carbocycles. The molecule has 2 nitrogen and oxygen atoms in total. The largest absolute Gasteiger partial charge is 0.496 e. The SMILES string of the molecule is COc1cc(Cl)c(CC(C)O)cc1Br. The lowest BCUT2D eigenvalue weighted by Crippen LogP contribution is -2.04. The summed E-state index contributed by atoms with van der Waals surface area (Å²) in [6.45, 7) is 1.73. The van der Waals surface area contributed by atoms with Gasteiger partial charge in [-0.05, 0) is 40.9 Å². The van der Waals surface area contributed by atoms with Crippen LogP contribution in [-0.4, -0.2) is 18.3 Å². The van der Waals surface area contributed by atoms with Crippen LogP contribution in [0.1, 0.15) is 12.5 Å². The van der Waals surface area contributed by atoms with E-state index in [0.29, 0.717) is 17.2 Å². The fraction of sp³-hybridized carbons (Fsp3) is 0.400. The monoisotopic (exact) mass is 278 g/mol. The topological polar surface area (TPSA) is 29.5 Å². The number of halogens is 2. The number of rotatable bonds is 3. The Hall–Kier alpha value is -0.250. The zero-order valence-electron chi connectivity index (χ0n) is 8.05. The fourth-order valence-corrected chi connectivity index (χ4v) is 1.98. The highest BCUT2D eigenvalue weighted by Gasteiger charge is 2.09. The quantitative estimate of drug-likeness (QED) is 0.921. The van der Waals surface area contributed by atoms with Crippen molar-refractivity contribution in [1.82, 2.24) is 0 Å². The van der Waals surface area contributed by atoms with Gasteiger partial charge in [0, 0.05) is 11.1 Å². The molecule has 0 heterocycles. The highest BCUT2D eigenvalue weighted by Crippen LogP contribution is 2.31. The fourth-order valence-electron chi connectivity index (χ4n) is 1.20. The van der Waals surface area contributed by atoms with E-state index >= 15 is 0 Å². The van der Waals surface area contributed by atoms with E-state index in [1.165, 1.54) is 0 Å².